The van der Waals surface area contributed by atoms with E-state index in [1.54, 1.807) is 39.7 Å². The van der Waals surface area contributed by atoms with Crippen molar-refractivity contribution in [3.05, 3.63) is 45.6 Å². The fourth-order valence-electron chi connectivity index (χ4n) is 3.52. The molecule has 0 bridgehead atoms. The number of amides is 2. The number of nitrogens with zero attached hydrogens (tertiary/aromatic N) is 2. The molecule has 1 aliphatic rings. The van der Waals surface area contributed by atoms with Gasteiger partial charge in [-0.1, -0.05) is 6.07 Å². The van der Waals surface area contributed by atoms with Gasteiger partial charge in [0.05, 0.1) is 33.4 Å². The molecule has 1 aromatic carbocycles. The van der Waals surface area contributed by atoms with Gasteiger partial charge in [-0.15, -0.1) is 11.3 Å². The van der Waals surface area contributed by atoms with Gasteiger partial charge in [-0.2, -0.15) is 0 Å². The van der Waals surface area contributed by atoms with E-state index in [-0.39, 0.29) is 30.9 Å². The molecule has 1 N–H and O–H groups in total. The maximum Gasteiger partial charge on any atom is 0.241 e. The average molecular weight is 418 g/mol. The SMILES string of the molecule is COc1cc2c(cc1OC)[C@H](c1cccs1)N(CC(=O)NCC(=O)N(C)C)CC2. The van der Waals surface area contributed by atoms with Gasteiger partial charge in [0.15, 0.2) is 11.5 Å². The van der Waals surface area contributed by atoms with Crippen LogP contribution in [0.25, 0.3) is 0 Å². The highest BCUT2D eigenvalue weighted by Gasteiger charge is 2.32. The van der Waals surface area contributed by atoms with Crippen LogP contribution in [0, 0.1) is 0 Å². The van der Waals surface area contributed by atoms with Crippen LogP contribution >= 0.6 is 11.3 Å². The van der Waals surface area contributed by atoms with Crippen molar-refractivity contribution in [1.29, 1.82) is 0 Å². The fourth-order valence-corrected chi connectivity index (χ4v) is 4.40. The van der Waals surface area contributed by atoms with Crippen molar-refractivity contribution in [3.8, 4) is 11.5 Å². The number of rotatable bonds is 7. The molecule has 2 heterocycles. The van der Waals surface area contributed by atoms with Crippen LogP contribution in [0.3, 0.4) is 0 Å². The fraction of sp³-hybridized carbons (Fsp3) is 0.429. The highest BCUT2D eigenvalue weighted by Crippen LogP contribution is 2.41. The van der Waals surface area contributed by atoms with Gasteiger partial charge in [-0.3, -0.25) is 14.5 Å². The summed E-state index contributed by atoms with van der Waals surface area (Å²) in [7, 11) is 6.60. The lowest BCUT2D eigenvalue weighted by Crippen LogP contribution is -2.45. The number of thiophene rings is 1. The molecule has 0 fully saturated rings. The number of benzene rings is 1. The van der Waals surface area contributed by atoms with Crippen LogP contribution in [-0.2, 0) is 16.0 Å². The predicted molar refractivity (Wildman–Crippen MR) is 113 cm³/mol. The highest BCUT2D eigenvalue weighted by molar-refractivity contribution is 7.10. The monoisotopic (exact) mass is 417 g/mol. The lowest BCUT2D eigenvalue weighted by Gasteiger charge is -2.37. The van der Waals surface area contributed by atoms with E-state index in [1.165, 1.54) is 10.5 Å². The summed E-state index contributed by atoms with van der Waals surface area (Å²) in [5.41, 5.74) is 2.31. The normalized spacial score (nSPS) is 16.1. The summed E-state index contributed by atoms with van der Waals surface area (Å²) in [4.78, 5) is 29.1. The van der Waals surface area contributed by atoms with Gasteiger partial charge in [0.25, 0.3) is 0 Å². The first-order valence-corrected chi connectivity index (χ1v) is 10.3. The van der Waals surface area contributed by atoms with Crippen molar-refractivity contribution in [2.75, 3.05) is 47.9 Å². The first kappa shape index (κ1) is 21.1. The Balaban J connectivity index is 1.86. The summed E-state index contributed by atoms with van der Waals surface area (Å²) < 4.78 is 11.0. The van der Waals surface area contributed by atoms with Crippen molar-refractivity contribution in [2.45, 2.75) is 12.5 Å². The summed E-state index contributed by atoms with van der Waals surface area (Å²) >= 11 is 1.66. The number of likely N-dealkylation sites (N-methyl/N-ethyl adjacent to an activating group) is 1. The maximum absolute atomic E-state index is 12.5. The topological polar surface area (TPSA) is 71.1 Å². The standard InChI is InChI=1S/C21H27N3O4S/c1-23(2)20(26)12-22-19(25)13-24-8-7-14-10-16(27-3)17(28-4)11-15(14)21(24)18-6-5-9-29-18/h5-6,9-11,21H,7-8,12-13H2,1-4H3,(H,22,25)/t21-/m1/s1. The third-order valence-electron chi connectivity index (χ3n) is 5.07. The zero-order valence-electron chi connectivity index (χ0n) is 17.2. The van der Waals surface area contributed by atoms with E-state index < -0.39 is 0 Å². The first-order valence-electron chi connectivity index (χ1n) is 9.43. The number of carbonyl (C=O) groups excluding carboxylic acids is 2. The van der Waals surface area contributed by atoms with E-state index in [2.05, 4.69) is 16.3 Å². The molecule has 156 valence electrons. The van der Waals surface area contributed by atoms with E-state index in [9.17, 15) is 9.59 Å². The molecule has 3 rings (SSSR count). The summed E-state index contributed by atoms with van der Waals surface area (Å²) in [6, 6.07) is 8.10. The lowest BCUT2D eigenvalue weighted by molar-refractivity contribution is -0.131. The number of fused-ring (bicyclic) bond motifs is 1. The van der Waals surface area contributed by atoms with Gasteiger partial charge in [0, 0.05) is 25.5 Å². The molecule has 0 radical (unpaired) electrons. The van der Waals surface area contributed by atoms with Crippen molar-refractivity contribution in [1.82, 2.24) is 15.1 Å². The summed E-state index contributed by atoms with van der Waals surface area (Å²) in [6.45, 7) is 0.960. The van der Waals surface area contributed by atoms with E-state index in [4.69, 9.17) is 9.47 Å². The van der Waals surface area contributed by atoms with Crippen LogP contribution < -0.4 is 14.8 Å². The molecule has 1 atom stereocenters. The number of hydrogen-bond donors (Lipinski definition) is 1. The summed E-state index contributed by atoms with van der Waals surface area (Å²) in [5.74, 6) is 1.10. The predicted octanol–water partition coefficient (Wildman–Crippen LogP) is 1.92. The Hall–Kier alpha value is -2.58. The van der Waals surface area contributed by atoms with Crippen LogP contribution in [-0.4, -0.2) is 69.6 Å². The zero-order chi connectivity index (χ0) is 21.0. The number of nitrogens with one attached hydrogen (secondary N) is 1. The quantitative estimate of drug-likeness (QED) is 0.745. The number of hydrogen-bond acceptors (Lipinski definition) is 6. The molecule has 1 aliphatic heterocycles. The zero-order valence-corrected chi connectivity index (χ0v) is 18.0. The lowest BCUT2D eigenvalue weighted by atomic mass is 9.91. The number of methoxy groups -OCH3 is 2. The van der Waals surface area contributed by atoms with Crippen molar-refractivity contribution in [3.63, 3.8) is 0 Å². The molecular weight excluding hydrogens is 390 g/mol. The molecule has 0 unspecified atom stereocenters. The second-order valence-corrected chi connectivity index (χ2v) is 8.09. The van der Waals surface area contributed by atoms with E-state index in [1.807, 2.05) is 23.6 Å². The van der Waals surface area contributed by atoms with Crippen molar-refractivity contribution >= 4 is 23.2 Å². The Morgan fingerprint density at radius 1 is 1.24 bits per heavy atom. The minimum atomic E-state index is -0.161. The number of carbonyl (C=O) groups is 2. The molecule has 0 saturated carbocycles. The second kappa shape index (κ2) is 9.28. The third kappa shape index (κ3) is 4.71. The van der Waals surface area contributed by atoms with Gasteiger partial charge >= 0.3 is 0 Å². The molecule has 0 aliphatic carbocycles. The van der Waals surface area contributed by atoms with Gasteiger partial charge < -0.3 is 19.7 Å². The molecule has 29 heavy (non-hydrogen) atoms. The van der Waals surface area contributed by atoms with Crippen LogP contribution in [0.2, 0.25) is 0 Å². The van der Waals surface area contributed by atoms with Gasteiger partial charge in [0.2, 0.25) is 11.8 Å². The molecule has 0 spiro atoms. The molecule has 1 aromatic heterocycles. The van der Waals surface area contributed by atoms with Crippen LogP contribution in [0.15, 0.2) is 29.6 Å². The van der Waals surface area contributed by atoms with Gasteiger partial charge in [0.1, 0.15) is 0 Å². The Bertz CT molecular complexity index is 867. The molecule has 8 heteroatoms. The van der Waals surface area contributed by atoms with E-state index >= 15 is 0 Å². The number of ether oxygens (including phenoxy) is 2. The molecule has 2 amide bonds. The Labute approximate surface area is 175 Å². The highest BCUT2D eigenvalue weighted by atomic mass is 32.1. The van der Waals surface area contributed by atoms with E-state index in [0.29, 0.717) is 11.5 Å². The first-order chi connectivity index (χ1) is 13.9. The molecule has 0 saturated heterocycles. The molecular formula is C21H27N3O4S. The van der Waals surface area contributed by atoms with Gasteiger partial charge in [-0.25, -0.2) is 0 Å². The molecule has 2 aromatic rings. The average Bonchev–Trinajstić information content (AvgIpc) is 3.24. The minimum Gasteiger partial charge on any atom is -0.493 e. The Morgan fingerprint density at radius 2 is 1.97 bits per heavy atom. The molecule has 7 nitrogen and oxygen atoms in total. The Morgan fingerprint density at radius 3 is 2.59 bits per heavy atom. The largest absolute Gasteiger partial charge is 0.493 e. The van der Waals surface area contributed by atoms with Crippen LogP contribution in [0.4, 0.5) is 0 Å². The van der Waals surface area contributed by atoms with Crippen molar-refractivity contribution < 1.29 is 19.1 Å². The van der Waals surface area contributed by atoms with Crippen molar-refractivity contribution in [2.24, 2.45) is 0 Å². The van der Waals surface area contributed by atoms with Crippen LogP contribution in [0.5, 0.6) is 11.5 Å². The summed E-state index contributed by atoms with van der Waals surface area (Å²) in [5, 5.41) is 4.77. The second-order valence-electron chi connectivity index (χ2n) is 7.11. The smallest absolute Gasteiger partial charge is 0.241 e. The Kier molecular flexibility index (Phi) is 6.76. The van der Waals surface area contributed by atoms with Crippen LogP contribution in [0.1, 0.15) is 22.0 Å². The van der Waals surface area contributed by atoms with Gasteiger partial charge in [-0.05, 0) is 41.1 Å². The third-order valence-corrected chi connectivity index (χ3v) is 5.99. The summed E-state index contributed by atoms with van der Waals surface area (Å²) in [6.07, 6.45) is 0.807. The maximum atomic E-state index is 12.5. The minimum absolute atomic E-state index is 0.00491. The van der Waals surface area contributed by atoms with E-state index in [0.717, 1.165) is 23.4 Å².